The molecule has 0 saturated carbocycles. The lowest BCUT2D eigenvalue weighted by Gasteiger charge is -2.11. The molecule has 0 saturated heterocycles. The number of hydrogen-bond acceptors (Lipinski definition) is 5. The van der Waals surface area contributed by atoms with Crippen LogP contribution in [0.1, 0.15) is 11.1 Å². The van der Waals surface area contributed by atoms with E-state index in [0.29, 0.717) is 28.1 Å². The molecular formula is C20H16BrN3O3. The average molecular weight is 426 g/mol. The van der Waals surface area contributed by atoms with Crippen molar-refractivity contribution in [3.8, 4) is 23.6 Å². The quantitative estimate of drug-likeness (QED) is 0.540. The van der Waals surface area contributed by atoms with Crippen molar-refractivity contribution in [3.05, 3.63) is 63.6 Å². The van der Waals surface area contributed by atoms with Crippen LogP contribution in [0.25, 0.3) is 6.08 Å². The summed E-state index contributed by atoms with van der Waals surface area (Å²) in [7, 11) is 1.47. The number of hydrogen-bond donors (Lipinski definition) is 1. The fraction of sp³-hybridized carbons (Fsp3) is 0.150. The van der Waals surface area contributed by atoms with Crippen molar-refractivity contribution in [2.45, 2.75) is 6.54 Å². The number of methoxy groups -OCH3 is 1. The maximum Gasteiger partial charge on any atom is 0.262 e. The van der Waals surface area contributed by atoms with E-state index in [9.17, 15) is 10.1 Å². The minimum atomic E-state index is -0.475. The lowest BCUT2D eigenvalue weighted by Crippen LogP contribution is -2.23. The fourth-order valence-electron chi connectivity index (χ4n) is 2.22. The van der Waals surface area contributed by atoms with E-state index in [4.69, 9.17) is 14.7 Å². The summed E-state index contributed by atoms with van der Waals surface area (Å²) in [5.41, 5.74) is 1.46. The number of carbonyl (C=O) groups excluding carboxylic acids is 1. The van der Waals surface area contributed by atoms with Crippen LogP contribution in [0.5, 0.6) is 11.5 Å². The fourth-order valence-corrected chi connectivity index (χ4v) is 2.66. The molecule has 6 nitrogen and oxygen atoms in total. The van der Waals surface area contributed by atoms with Gasteiger partial charge in [-0.3, -0.25) is 4.79 Å². The standard InChI is InChI=1S/C20H16BrN3O3/c1-26-18-10-15(17(21)11-19(18)27-8-7-22)9-16(12-23)20(25)24-13-14-5-3-2-4-6-14/h2-6,9-11H,8,13H2,1H3,(H,24,25)/b16-9-. The third-order valence-corrected chi connectivity index (χ3v) is 4.22. The molecule has 136 valence electrons. The minimum Gasteiger partial charge on any atom is -0.493 e. The highest BCUT2D eigenvalue weighted by molar-refractivity contribution is 9.10. The average Bonchev–Trinajstić information content (AvgIpc) is 2.70. The molecule has 1 amide bonds. The number of halogens is 1. The summed E-state index contributed by atoms with van der Waals surface area (Å²) in [5, 5.41) is 20.7. The molecule has 0 spiro atoms. The molecule has 0 radical (unpaired) electrons. The molecule has 0 atom stereocenters. The molecule has 0 heterocycles. The zero-order valence-electron chi connectivity index (χ0n) is 14.5. The monoisotopic (exact) mass is 425 g/mol. The van der Waals surface area contributed by atoms with E-state index >= 15 is 0 Å². The van der Waals surface area contributed by atoms with Crippen LogP contribution in [-0.2, 0) is 11.3 Å². The molecule has 2 aromatic carbocycles. The van der Waals surface area contributed by atoms with Gasteiger partial charge in [-0.15, -0.1) is 0 Å². The molecule has 0 aliphatic heterocycles. The molecule has 2 aromatic rings. The highest BCUT2D eigenvalue weighted by Crippen LogP contribution is 2.34. The molecule has 1 N–H and O–H groups in total. The van der Waals surface area contributed by atoms with Gasteiger partial charge in [-0.05, 0) is 29.3 Å². The number of nitrogens with zero attached hydrogens (tertiary/aromatic N) is 2. The van der Waals surface area contributed by atoms with Crippen LogP contribution >= 0.6 is 15.9 Å². The maximum atomic E-state index is 12.3. The Labute approximate surface area is 165 Å². The molecule has 2 rings (SSSR count). The molecule has 0 bridgehead atoms. The van der Waals surface area contributed by atoms with Gasteiger partial charge in [-0.1, -0.05) is 46.3 Å². The van der Waals surface area contributed by atoms with Gasteiger partial charge in [0.1, 0.15) is 17.7 Å². The number of nitriles is 2. The summed E-state index contributed by atoms with van der Waals surface area (Å²) in [6.45, 7) is 0.202. The number of rotatable bonds is 7. The van der Waals surface area contributed by atoms with Crippen LogP contribution in [-0.4, -0.2) is 19.6 Å². The summed E-state index contributed by atoms with van der Waals surface area (Å²) in [6, 6.07) is 16.5. The summed E-state index contributed by atoms with van der Waals surface area (Å²) < 4.78 is 11.1. The molecule has 27 heavy (non-hydrogen) atoms. The van der Waals surface area contributed by atoms with E-state index in [0.717, 1.165) is 5.56 Å². The Bertz CT molecular complexity index is 928. The topological polar surface area (TPSA) is 95.1 Å². The second kappa shape index (κ2) is 10.0. The van der Waals surface area contributed by atoms with Gasteiger partial charge in [0.05, 0.1) is 7.11 Å². The number of carbonyl (C=O) groups is 1. The lowest BCUT2D eigenvalue weighted by atomic mass is 10.1. The molecular weight excluding hydrogens is 410 g/mol. The Hall–Kier alpha value is -3.29. The summed E-state index contributed by atoms with van der Waals surface area (Å²) >= 11 is 3.38. The van der Waals surface area contributed by atoms with E-state index in [1.54, 1.807) is 12.1 Å². The lowest BCUT2D eigenvalue weighted by molar-refractivity contribution is -0.117. The van der Waals surface area contributed by atoms with Crippen molar-refractivity contribution in [3.63, 3.8) is 0 Å². The Kier molecular flexibility index (Phi) is 7.42. The van der Waals surface area contributed by atoms with E-state index in [2.05, 4.69) is 21.2 Å². The molecule has 0 unspecified atom stereocenters. The molecule has 0 aliphatic carbocycles. The van der Waals surface area contributed by atoms with Crippen LogP contribution in [0.4, 0.5) is 0 Å². The Morgan fingerprint density at radius 1 is 1.22 bits per heavy atom. The molecule has 0 aromatic heterocycles. The van der Waals surface area contributed by atoms with Crippen molar-refractivity contribution in [2.75, 3.05) is 13.7 Å². The van der Waals surface area contributed by atoms with Crippen LogP contribution < -0.4 is 14.8 Å². The zero-order valence-corrected chi connectivity index (χ0v) is 16.1. The van der Waals surface area contributed by atoms with Gasteiger partial charge in [0.2, 0.25) is 0 Å². The second-order valence-electron chi connectivity index (χ2n) is 5.31. The van der Waals surface area contributed by atoms with Crippen molar-refractivity contribution < 1.29 is 14.3 Å². The van der Waals surface area contributed by atoms with Gasteiger partial charge in [-0.2, -0.15) is 10.5 Å². The predicted molar refractivity (Wildman–Crippen MR) is 104 cm³/mol. The minimum absolute atomic E-state index is 0.0422. The Morgan fingerprint density at radius 2 is 1.96 bits per heavy atom. The van der Waals surface area contributed by atoms with Crippen molar-refractivity contribution in [1.29, 1.82) is 10.5 Å². The summed E-state index contributed by atoms with van der Waals surface area (Å²) in [4.78, 5) is 12.3. The number of amides is 1. The van der Waals surface area contributed by atoms with Crippen molar-refractivity contribution in [1.82, 2.24) is 5.32 Å². The maximum absolute atomic E-state index is 12.3. The Balaban J connectivity index is 2.22. The number of nitrogens with one attached hydrogen (secondary N) is 1. The van der Waals surface area contributed by atoms with Crippen LogP contribution in [0.3, 0.4) is 0 Å². The number of benzene rings is 2. The first-order chi connectivity index (χ1) is 13.1. The van der Waals surface area contributed by atoms with Gasteiger partial charge < -0.3 is 14.8 Å². The van der Waals surface area contributed by atoms with Crippen LogP contribution in [0.15, 0.2) is 52.5 Å². The predicted octanol–water partition coefficient (Wildman–Crippen LogP) is 3.58. The third kappa shape index (κ3) is 5.60. The van der Waals surface area contributed by atoms with Crippen molar-refractivity contribution in [2.24, 2.45) is 0 Å². The van der Waals surface area contributed by atoms with Gasteiger partial charge in [0.25, 0.3) is 5.91 Å². The van der Waals surface area contributed by atoms with Gasteiger partial charge in [0.15, 0.2) is 18.1 Å². The van der Waals surface area contributed by atoms with E-state index < -0.39 is 5.91 Å². The first-order valence-electron chi connectivity index (χ1n) is 7.90. The highest BCUT2D eigenvalue weighted by atomic mass is 79.9. The van der Waals surface area contributed by atoms with Gasteiger partial charge >= 0.3 is 0 Å². The van der Waals surface area contributed by atoms with Gasteiger partial charge in [0, 0.05) is 11.0 Å². The molecule has 0 fully saturated rings. The number of ether oxygens (including phenoxy) is 2. The second-order valence-corrected chi connectivity index (χ2v) is 6.16. The summed E-state index contributed by atoms with van der Waals surface area (Å²) in [5.74, 6) is 0.300. The normalized spacial score (nSPS) is 10.4. The molecule has 7 heteroatoms. The first-order valence-corrected chi connectivity index (χ1v) is 8.69. The first kappa shape index (κ1) is 20.0. The largest absolute Gasteiger partial charge is 0.493 e. The van der Waals surface area contributed by atoms with E-state index in [1.165, 1.54) is 13.2 Å². The zero-order chi connectivity index (χ0) is 19.6. The molecule has 0 aliphatic rings. The highest BCUT2D eigenvalue weighted by Gasteiger charge is 2.13. The summed E-state index contributed by atoms with van der Waals surface area (Å²) in [6.07, 6.45) is 1.46. The van der Waals surface area contributed by atoms with Crippen molar-refractivity contribution >= 4 is 27.9 Å². The van der Waals surface area contributed by atoms with Crippen LogP contribution in [0, 0.1) is 22.7 Å². The third-order valence-electron chi connectivity index (χ3n) is 3.54. The Morgan fingerprint density at radius 3 is 2.59 bits per heavy atom. The van der Waals surface area contributed by atoms with Gasteiger partial charge in [-0.25, -0.2) is 0 Å². The SMILES string of the molecule is COc1cc(/C=C(/C#N)C(=O)NCc2ccccc2)c(Br)cc1OCC#N. The van der Waals surface area contributed by atoms with E-state index in [1.807, 2.05) is 42.5 Å². The van der Waals surface area contributed by atoms with E-state index in [-0.39, 0.29) is 12.2 Å². The smallest absolute Gasteiger partial charge is 0.262 e. The van der Waals surface area contributed by atoms with Crippen LogP contribution in [0.2, 0.25) is 0 Å².